The van der Waals surface area contributed by atoms with Crippen molar-refractivity contribution in [2.75, 3.05) is 7.11 Å². The van der Waals surface area contributed by atoms with Gasteiger partial charge in [-0.15, -0.1) is 0 Å². The number of ether oxygens (including phenoxy) is 1. The minimum Gasteiger partial charge on any atom is -0.468 e. The monoisotopic (exact) mass is 342 g/mol. The van der Waals surface area contributed by atoms with Crippen molar-refractivity contribution in [3.63, 3.8) is 0 Å². The third kappa shape index (κ3) is 2.67. The maximum atomic E-state index is 13.3. The molecule has 0 aromatic heterocycles. The van der Waals surface area contributed by atoms with Gasteiger partial charge in [-0.3, -0.25) is 4.79 Å². The smallest absolute Gasteiger partial charge is 0.319 e. The van der Waals surface area contributed by atoms with E-state index < -0.39 is 29.8 Å². The Morgan fingerprint density at radius 3 is 2.80 bits per heavy atom. The molecule has 0 aliphatic carbocycles. The molecule has 2 atom stereocenters. The van der Waals surface area contributed by atoms with Gasteiger partial charge in [0.05, 0.1) is 17.6 Å². The largest absolute Gasteiger partial charge is 0.468 e. The first-order chi connectivity index (χ1) is 9.43. The lowest BCUT2D eigenvalue weighted by Crippen LogP contribution is -2.51. The van der Waals surface area contributed by atoms with Crippen LogP contribution in [0.5, 0.6) is 0 Å². The maximum Gasteiger partial charge on any atom is 0.319 e. The molecule has 1 aliphatic heterocycles. The molecule has 106 valence electrons. The predicted molar refractivity (Wildman–Crippen MR) is 73.2 cm³/mol. The number of esters is 1. The van der Waals surface area contributed by atoms with Crippen LogP contribution in [0.3, 0.4) is 0 Å². The summed E-state index contributed by atoms with van der Waals surface area (Å²) in [5, 5.41) is 5.06. The maximum absolute atomic E-state index is 13.3. The normalized spacial score (nSPS) is 21.9. The van der Waals surface area contributed by atoms with E-state index in [1.165, 1.54) is 25.3 Å². The zero-order valence-electron chi connectivity index (χ0n) is 10.6. The summed E-state index contributed by atoms with van der Waals surface area (Å²) in [6, 6.07) is 3.13. The Kier molecular flexibility index (Phi) is 4.08. The van der Waals surface area contributed by atoms with Crippen LogP contribution in [0, 0.1) is 11.7 Å². The number of hydrogen-bond donors (Lipinski definition) is 2. The van der Waals surface area contributed by atoms with Gasteiger partial charge < -0.3 is 15.4 Å². The zero-order chi connectivity index (χ0) is 14.9. The molecular weight excluding hydrogens is 331 g/mol. The number of halogens is 2. The van der Waals surface area contributed by atoms with Crippen LogP contribution in [-0.4, -0.2) is 19.1 Å². The van der Waals surface area contributed by atoms with Crippen molar-refractivity contribution in [1.29, 1.82) is 0 Å². The molecule has 0 bridgehead atoms. The molecule has 20 heavy (non-hydrogen) atoms. The SMILES string of the molecule is C=C1NC(=O)NC(c2ccc(F)c(Br)c2)C1C(=O)OC. The fourth-order valence-electron chi connectivity index (χ4n) is 2.07. The molecule has 2 amide bonds. The molecule has 1 aromatic carbocycles. The van der Waals surface area contributed by atoms with Crippen LogP contribution in [0.4, 0.5) is 9.18 Å². The van der Waals surface area contributed by atoms with E-state index in [2.05, 4.69) is 33.1 Å². The highest BCUT2D eigenvalue weighted by Crippen LogP contribution is 2.32. The van der Waals surface area contributed by atoms with Gasteiger partial charge >= 0.3 is 12.0 Å². The van der Waals surface area contributed by atoms with Crippen molar-refractivity contribution in [3.8, 4) is 0 Å². The molecule has 1 fully saturated rings. The minimum atomic E-state index is -0.782. The minimum absolute atomic E-state index is 0.242. The van der Waals surface area contributed by atoms with E-state index in [0.717, 1.165) is 0 Å². The number of amides is 2. The zero-order valence-corrected chi connectivity index (χ0v) is 12.2. The summed E-state index contributed by atoms with van der Waals surface area (Å²) in [5.41, 5.74) is 0.815. The number of carbonyl (C=O) groups excluding carboxylic acids is 2. The van der Waals surface area contributed by atoms with Gasteiger partial charge in [0.15, 0.2) is 0 Å². The van der Waals surface area contributed by atoms with E-state index in [0.29, 0.717) is 5.56 Å². The number of benzene rings is 1. The average molecular weight is 343 g/mol. The average Bonchev–Trinajstić information content (AvgIpc) is 2.40. The molecular formula is C13H12BrFN2O3. The van der Waals surface area contributed by atoms with Gasteiger partial charge in [0, 0.05) is 5.70 Å². The van der Waals surface area contributed by atoms with Crippen LogP contribution >= 0.6 is 15.9 Å². The molecule has 5 nitrogen and oxygen atoms in total. The van der Waals surface area contributed by atoms with E-state index in [4.69, 9.17) is 4.74 Å². The lowest BCUT2D eigenvalue weighted by Gasteiger charge is -2.33. The van der Waals surface area contributed by atoms with E-state index in [-0.39, 0.29) is 10.2 Å². The molecule has 2 unspecified atom stereocenters. The fourth-order valence-corrected chi connectivity index (χ4v) is 2.47. The molecule has 0 saturated carbocycles. The van der Waals surface area contributed by atoms with Crippen LogP contribution in [0.1, 0.15) is 11.6 Å². The third-order valence-corrected chi connectivity index (χ3v) is 3.64. The Labute approximate surface area is 123 Å². The molecule has 0 spiro atoms. The lowest BCUT2D eigenvalue weighted by molar-refractivity contribution is -0.145. The summed E-state index contributed by atoms with van der Waals surface area (Å²) >= 11 is 3.08. The number of nitrogens with one attached hydrogen (secondary N) is 2. The number of methoxy groups -OCH3 is 1. The first-order valence-corrected chi connectivity index (χ1v) is 6.52. The number of hydrogen-bond acceptors (Lipinski definition) is 3. The van der Waals surface area contributed by atoms with Crippen molar-refractivity contribution in [2.45, 2.75) is 6.04 Å². The van der Waals surface area contributed by atoms with E-state index in [1.54, 1.807) is 0 Å². The van der Waals surface area contributed by atoms with Crippen molar-refractivity contribution in [3.05, 3.63) is 46.3 Å². The number of rotatable bonds is 2. The molecule has 2 rings (SSSR count). The first-order valence-electron chi connectivity index (χ1n) is 5.73. The van der Waals surface area contributed by atoms with Gasteiger partial charge in [0.1, 0.15) is 11.7 Å². The molecule has 0 radical (unpaired) electrons. The molecule has 7 heteroatoms. The van der Waals surface area contributed by atoms with Gasteiger partial charge in [0.25, 0.3) is 0 Å². The van der Waals surface area contributed by atoms with Crippen LogP contribution in [-0.2, 0) is 9.53 Å². The lowest BCUT2D eigenvalue weighted by atomic mass is 9.89. The number of carbonyl (C=O) groups is 2. The predicted octanol–water partition coefficient (Wildman–Crippen LogP) is 2.25. The van der Waals surface area contributed by atoms with Crippen LogP contribution in [0.25, 0.3) is 0 Å². The summed E-state index contributed by atoms with van der Waals surface area (Å²) in [6.07, 6.45) is 0. The second-order valence-corrected chi connectivity index (χ2v) is 5.13. The molecule has 2 N–H and O–H groups in total. The van der Waals surface area contributed by atoms with Crippen molar-refractivity contribution in [2.24, 2.45) is 5.92 Å². The summed E-state index contributed by atoms with van der Waals surface area (Å²) in [6.45, 7) is 3.67. The summed E-state index contributed by atoms with van der Waals surface area (Å²) in [7, 11) is 1.25. The van der Waals surface area contributed by atoms with E-state index in [1.807, 2.05) is 0 Å². The van der Waals surface area contributed by atoms with Crippen LogP contribution < -0.4 is 10.6 Å². The highest BCUT2D eigenvalue weighted by atomic mass is 79.9. The quantitative estimate of drug-likeness (QED) is 0.810. The topological polar surface area (TPSA) is 67.4 Å². The van der Waals surface area contributed by atoms with E-state index >= 15 is 0 Å². The summed E-state index contributed by atoms with van der Waals surface area (Å²) in [4.78, 5) is 23.4. The Morgan fingerprint density at radius 1 is 1.50 bits per heavy atom. The second-order valence-electron chi connectivity index (χ2n) is 4.28. The van der Waals surface area contributed by atoms with Crippen LogP contribution in [0.15, 0.2) is 34.9 Å². The Bertz CT molecular complexity index is 591. The Hall–Kier alpha value is -1.89. The molecule has 1 heterocycles. The van der Waals surface area contributed by atoms with Gasteiger partial charge in [-0.2, -0.15) is 0 Å². The van der Waals surface area contributed by atoms with Crippen molar-refractivity contribution < 1.29 is 18.7 Å². The van der Waals surface area contributed by atoms with Gasteiger partial charge in [-0.05, 0) is 33.6 Å². The second kappa shape index (κ2) is 5.62. The summed E-state index contributed by atoms with van der Waals surface area (Å²) < 4.78 is 18.3. The number of urea groups is 1. The van der Waals surface area contributed by atoms with Gasteiger partial charge in [-0.1, -0.05) is 12.6 Å². The Morgan fingerprint density at radius 2 is 2.20 bits per heavy atom. The third-order valence-electron chi connectivity index (χ3n) is 3.03. The van der Waals surface area contributed by atoms with Crippen molar-refractivity contribution >= 4 is 27.9 Å². The first kappa shape index (κ1) is 14.5. The van der Waals surface area contributed by atoms with Crippen LogP contribution in [0.2, 0.25) is 0 Å². The van der Waals surface area contributed by atoms with Gasteiger partial charge in [-0.25, -0.2) is 9.18 Å². The standard InChI is InChI=1S/C13H12BrFN2O3/c1-6-10(12(18)20-2)11(17-13(19)16-6)7-3-4-9(15)8(14)5-7/h3-5,10-11H,1H2,2H3,(H2,16,17,19). The summed E-state index contributed by atoms with van der Waals surface area (Å²) in [5.74, 6) is -1.74. The molecule has 1 aromatic rings. The van der Waals surface area contributed by atoms with Crippen molar-refractivity contribution in [1.82, 2.24) is 10.6 Å². The highest BCUT2D eigenvalue weighted by Gasteiger charge is 2.38. The molecule has 1 aliphatic rings. The molecule has 1 saturated heterocycles. The fraction of sp³-hybridized carbons (Fsp3) is 0.231. The van der Waals surface area contributed by atoms with E-state index in [9.17, 15) is 14.0 Å². The Balaban J connectivity index is 2.42. The highest BCUT2D eigenvalue weighted by molar-refractivity contribution is 9.10. The van der Waals surface area contributed by atoms with Gasteiger partial charge in [0.2, 0.25) is 0 Å².